The van der Waals surface area contributed by atoms with E-state index in [1.807, 2.05) is 0 Å². The number of Topliss-reactive ketones (excluding diaryl/α,β-unsaturated/α-hetero) is 2. The number of hydrogen-bond donors (Lipinski definition) is 1. The number of carbonyl (C=O) groups is 7. The smallest absolute Gasteiger partial charge is 0.310 e. The molecule has 4 atom stereocenters. The summed E-state index contributed by atoms with van der Waals surface area (Å²) in [5, 5.41) is 10.1. The van der Waals surface area contributed by atoms with E-state index in [1.54, 1.807) is 62.4 Å². The second-order valence-corrected chi connectivity index (χ2v) is 17.6. The summed E-state index contributed by atoms with van der Waals surface area (Å²) >= 11 is 0. The molecule has 412 valence electrons. The van der Waals surface area contributed by atoms with E-state index in [2.05, 4.69) is 14.7 Å². The lowest BCUT2D eigenvalue weighted by Gasteiger charge is -2.26. The number of methoxy groups -OCH3 is 2. The minimum Gasteiger partial charge on any atom is -0.503 e. The number of ether oxygens (including phenoxy) is 6. The van der Waals surface area contributed by atoms with E-state index < -0.39 is 106 Å². The average Bonchev–Trinajstić information content (AvgIpc) is 3.39. The molecule has 4 aromatic carbocycles. The predicted octanol–water partition coefficient (Wildman–Crippen LogP) is 10.4. The zero-order valence-corrected chi connectivity index (χ0v) is 44.1. The number of nitrogens with zero attached hydrogens (tertiary/aromatic N) is 2. The molecule has 0 aliphatic carbocycles. The Morgan fingerprint density at radius 1 is 0.474 bits per heavy atom. The van der Waals surface area contributed by atoms with Crippen molar-refractivity contribution in [2.24, 2.45) is 11.8 Å². The number of aromatic nitrogens is 2. The maximum atomic E-state index is 13.5. The standard InChI is InChI=1S/C28H27F2NO6.C26H25F2NO5.C4H6O3/c1-16(15-23(33)26-27(37-18(3)32)24(35-4)13-14-31-26)28(34)36-17(2)25(19-5-9-21(29)10-6-19)20-7-11-22(30)12-8-20;1-15(14-21(30)24-25(31)22(33-3)12-13-29-24)26(32)34-16(2)23(17-4-8-19(27)9-5-17)18-6-10-20(28)11-7-18;1-3(5)7-4(2)6/h5-14,16-17,25H,15H2,1-4H3;4-13,15-16,23,31H,14H2,1-3H3;1-2H3/t16-,17+;15-,16+;/m11./s1. The van der Waals surface area contributed by atoms with E-state index in [9.17, 15) is 56.2 Å². The summed E-state index contributed by atoms with van der Waals surface area (Å²) in [6.45, 7) is 9.97. The number of esters is 5. The molecule has 0 radical (unpaired) electrons. The highest BCUT2D eigenvalue weighted by atomic mass is 19.1. The van der Waals surface area contributed by atoms with Crippen molar-refractivity contribution in [1.82, 2.24) is 9.97 Å². The van der Waals surface area contributed by atoms with Gasteiger partial charge >= 0.3 is 29.8 Å². The summed E-state index contributed by atoms with van der Waals surface area (Å²) < 4.78 is 84.6. The van der Waals surface area contributed by atoms with E-state index in [-0.39, 0.29) is 41.5 Å². The molecule has 6 rings (SSSR count). The van der Waals surface area contributed by atoms with Gasteiger partial charge in [0.2, 0.25) is 5.75 Å². The second kappa shape index (κ2) is 29.5. The van der Waals surface area contributed by atoms with Gasteiger partial charge in [-0.25, -0.2) is 27.5 Å². The molecule has 2 heterocycles. The Balaban J connectivity index is 0.000000300. The first kappa shape index (κ1) is 61.7. The molecule has 0 spiro atoms. The fraction of sp³-hybridized carbons (Fsp3) is 0.293. The molecule has 0 fully saturated rings. The third-order valence-corrected chi connectivity index (χ3v) is 11.5. The van der Waals surface area contributed by atoms with E-state index in [0.29, 0.717) is 22.3 Å². The molecule has 0 unspecified atom stereocenters. The summed E-state index contributed by atoms with van der Waals surface area (Å²) in [5.74, 6) is -8.75. The molecule has 0 bridgehead atoms. The van der Waals surface area contributed by atoms with Crippen molar-refractivity contribution < 1.29 is 84.7 Å². The molecular weight excluding hydrogens is 1020 g/mol. The molecule has 0 amide bonds. The lowest BCUT2D eigenvalue weighted by molar-refractivity contribution is -0.157. The average molecular weight is 1080 g/mol. The lowest BCUT2D eigenvalue weighted by atomic mass is 9.87. The van der Waals surface area contributed by atoms with Crippen LogP contribution < -0.4 is 14.2 Å². The van der Waals surface area contributed by atoms with Gasteiger partial charge in [0.15, 0.2) is 40.2 Å². The Labute approximate surface area is 447 Å². The first-order valence-electron chi connectivity index (χ1n) is 24.1. The van der Waals surface area contributed by atoms with Gasteiger partial charge in [0.05, 0.1) is 26.1 Å². The number of benzene rings is 4. The van der Waals surface area contributed by atoms with Crippen LogP contribution in [0.4, 0.5) is 17.6 Å². The van der Waals surface area contributed by atoms with Gasteiger partial charge in [0.1, 0.15) is 35.5 Å². The summed E-state index contributed by atoms with van der Waals surface area (Å²) in [7, 11) is 2.71. The number of carbonyl (C=O) groups excluding carboxylic acids is 7. The Bertz CT molecular complexity index is 2930. The Morgan fingerprint density at radius 2 is 0.795 bits per heavy atom. The zero-order chi connectivity index (χ0) is 57.8. The summed E-state index contributed by atoms with van der Waals surface area (Å²) in [5.41, 5.74) is 2.37. The van der Waals surface area contributed by atoms with E-state index >= 15 is 0 Å². The van der Waals surface area contributed by atoms with Crippen LogP contribution in [0.25, 0.3) is 0 Å². The summed E-state index contributed by atoms with van der Waals surface area (Å²) in [4.78, 5) is 90.4. The lowest BCUT2D eigenvalue weighted by Crippen LogP contribution is -2.28. The van der Waals surface area contributed by atoms with Crippen LogP contribution in [0.1, 0.15) is 116 Å². The van der Waals surface area contributed by atoms with Gasteiger partial charge in [-0.05, 0) is 84.6 Å². The van der Waals surface area contributed by atoms with Crippen molar-refractivity contribution in [3.05, 3.63) is 178 Å². The number of ketones is 2. The van der Waals surface area contributed by atoms with Gasteiger partial charge in [-0.15, -0.1) is 0 Å². The van der Waals surface area contributed by atoms with E-state index in [4.69, 9.17) is 23.7 Å². The van der Waals surface area contributed by atoms with Crippen LogP contribution >= 0.6 is 0 Å². The quantitative estimate of drug-likeness (QED) is 0.0262. The molecule has 20 heteroatoms. The van der Waals surface area contributed by atoms with Crippen LogP contribution in [0.3, 0.4) is 0 Å². The van der Waals surface area contributed by atoms with Crippen molar-refractivity contribution in [1.29, 1.82) is 0 Å². The van der Waals surface area contributed by atoms with Crippen molar-refractivity contribution in [3.63, 3.8) is 0 Å². The highest BCUT2D eigenvalue weighted by molar-refractivity contribution is 6.00. The predicted molar refractivity (Wildman–Crippen MR) is 274 cm³/mol. The Kier molecular flexibility index (Phi) is 23.3. The van der Waals surface area contributed by atoms with E-state index in [1.165, 1.54) is 122 Å². The van der Waals surface area contributed by atoms with Gasteiger partial charge in [0, 0.05) is 70.0 Å². The number of hydrogen-bond acceptors (Lipinski definition) is 16. The summed E-state index contributed by atoms with van der Waals surface area (Å²) in [6, 6.07) is 25.9. The van der Waals surface area contributed by atoms with Crippen LogP contribution in [-0.2, 0) is 38.2 Å². The van der Waals surface area contributed by atoms with Gasteiger partial charge < -0.3 is 33.5 Å². The van der Waals surface area contributed by atoms with Crippen LogP contribution in [-0.4, -0.2) is 82.9 Å². The van der Waals surface area contributed by atoms with Crippen molar-refractivity contribution >= 4 is 41.4 Å². The van der Waals surface area contributed by atoms with Crippen molar-refractivity contribution in [3.8, 4) is 23.0 Å². The molecule has 0 saturated heterocycles. The van der Waals surface area contributed by atoms with Crippen LogP contribution in [0.2, 0.25) is 0 Å². The summed E-state index contributed by atoms with van der Waals surface area (Å²) in [6.07, 6.45) is 0.721. The molecule has 0 aliphatic heterocycles. The van der Waals surface area contributed by atoms with E-state index in [0.717, 1.165) is 0 Å². The number of aromatic hydroxyl groups is 1. The zero-order valence-electron chi connectivity index (χ0n) is 44.1. The minimum absolute atomic E-state index is 0.101. The normalized spacial score (nSPS) is 12.2. The number of pyridine rings is 2. The van der Waals surface area contributed by atoms with Crippen LogP contribution in [0.15, 0.2) is 122 Å². The monoisotopic (exact) mass is 1080 g/mol. The molecule has 16 nitrogen and oxygen atoms in total. The van der Waals surface area contributed by atoms with Crippen molar-refractivity contribution in [2.75, 3.05) is 14.2 Å². The van der Waals surface area contributed by atoms with Gasteiger partial charge in [-0.3, -0.25) is 33.6 Å². The highest BCUT2D eigenvalue weighted by Gasteiger charge is 2.31. The molecule has 0 saturated carbocycles. The first-order chi connectivity index (χ1) is 36.9. The Morgan fingerprint density at radius 3 is 1.10 bits per heavy atom. The van der Waals surface area contributed by atoms with Gasteiger partial charge in [0.25, 0.3) is 0 Å². The van der Waals surface area contributed by atoms with Gasteiger partial charge in [-0.2, -0.15) is 0 Å². The van der Waals surface area contributed by atoms with Crippen molar-refractivity contribution in [2.45, 2.75) is 85.4 Å². The second-order valence-electron chi connectivity index (χ2n) is 17.6. The highest BCUT2D eigenvalue weighted by Crippen LogP contribution is 2.35. The molecule has 1 N–H and O–H groups in total. The van der Waals surface area contributed by atoms with Gasteiger partial charge in [-0.1, -0.05) is 62.4 Å². The number of halogens is 4. The SMILES string of the molecule is CC(=O)OC(C)=O.COc1ccnc(C(=O)C[C@@H](C)C(=O)O[C@@H](C)C(c2ccc(F)cc2)c2ccc(F)cc2)c1O.COc1ccnc(C(=O)C[C@@H](C)C(=O)O[C@@H](C)C(c2ccc(F)cc2)c2ccc(F)cc2)c1OC(C)=O. The first-order valence-corrected chi connectivity index (χ1v) is 24.1. The maximum Gasteiger partial charge on any atom is 0.310 e. The van der Waals surface area contributed by atoms with Crippen LogP contribution in [0, 0.1) is 35.1 Å². The Hall–Kier alpha value is -8.81. The number of rotatable bonds is 19. The fourth-order valence-electron chi connectivity index (χ4n) is 7.84. The van der Waals surface area contributed by atoms with Crippen LogP contribution in [0.5, 0.6) is 23.0 Å². The molecule has 2 aromatic heterocycles. The fourth-order valence-corrected chi connectivity index (χ4v) is 7.84. The third-order valence-electron chi connectivity index (χ3n) is 11.5. The third kappa shape index (κ3) is 18.2. The minimum atomic E-state index is -0.866. The molecule has 78 heavy (non-hydrogen) atoms. The maximum absolute atomic E-state index is 13.5. The molecule has 0 aliphatic rings. The largest absolute Gasteiger partial charge is 0.503 e. The molecule has 6 aromatic rings. The topological polar surface area (TPSA) is 221 Å². The molecular formula is C58H58F4N2O14.